The number of nitrogens with one attached hydrogen (secondary N) is 1. The molecule has 16 heavy (non-hydrogen) atoms. The molecule has 94 valence electrons. The van der Waals surface area contributed by atoms with Crippen molar-refractivity contribution in [1.29, 1.82) is 0 Å². The lowest BCUT2D eigenvalue weighted by Gasteiger charge is -2.22. The normalized spacial score (nSPS) is 14.0. The van der Waals surface area contributed by atoms with Crippen LogP contribution >= 0.6 is 0 Å². The summed E-state index contributed by atoms with van der Waals surface area (Å²) >= 11 is 0. The molecule has 2 atom stereocenters. The van der Waals surface area contributed by atoms with Crippen molar-refractivity contribution < 1.29 is 19.8 Å². The Morgan fingerprint density at radius 1 is 1.44 bits per heavy atom. The van der Waals surface area contributed by atoms with Gasteiger partial charge in [0.25, 0.3) is 0 Å². The number of aliphatic carboxylic acids is 1. The lowest BCUT2D eigenvalue weighted by molar-refractivity contribution is -0.140. The molecule has 0 saturated heterocycles. The van der Waals surface area contributed by atoms with Gasteiger partial charge in [-0.1, -0.05) is 20.3 Å². The molecule has 1 unspecified atom stereocenters. The van der Waals surface area contributed by atoms with Gasteiger partial charge in [0.1, 0.15) is 0 Å². The van der Waals surface area contributed by atoms with Gasteiger partial charge in [-0.05, 0) is 5.92 Å². The molecule has 6 nitrogen and oxygen atoms in total. The van der Waals surface area contributed by atoms with Gasteiger partial charge in [0, 0.05) is 13.6 Å². The first-order valence-electron chi connectivity index (χ1n) is 5.27. The Balaban J connectivity index is 4.18. The molecule has 0 radical (unpaired) electrons. The van der Waals surface area contributed by atoms with Crippen LogP contribution in [0.1, 0.15) is 20.3 Å². The third-order valence-corrected chi connectivity index (χ3v) is 2.41. The topological polar surface area (TPSA) is 89.9 Å². The summed E-state index contributed by atoms with van der Waals surface area (Å²) in [6, 6.07) is -1.73. The largest absolute Gasteiger partial charge is 0.480 e. The molecule has 0 aliphatic carbocycles. The Kier molecular flexibility index (Phi) is 6.48. The van der Waals surface area contributed by atoms with Crippen LogP contribution in [-0.4, -0.2) is 53.4 Å². The number of aliphatic hydroxyl groups is 1. The third kappa shape index (κ3) is 4.97. The number of hydrogen-bond acceptors (Lipinski definition) is 3. The zero-order chi connectivity index (χ0) is 12.7. The predicted octanol–water partition coefficient (Wildman–Crippen LogP) is 0.119. The van der Waals surface area contributed by atoms with E-state index in [4.69, 9.17) is 10.2 Å². The van der Waals surface area contributed by atoms with Crippen molar-refractivity contribution in [3.8, 4) is 0 Å². The van der Waals surface area contributed by atoms with E-state index in [0.29, 0.717) is 12.5 Å². The van der Waals surface area contributed by atoms with Crippen LogP contribution < -0.4 is 5.32 Å². The SMILES string of the molecule is CCC(C)CN(C)C(=O)N[C@@H](CO)C(=O)O. The molecule has 0 aromatic heterocycles. The Hall–Kier alpha value is -1.30. The molecule has 0 rings (SSSR count). The quantitative estimate of drug-likeness (QED) is 0.606. The van der Waals surface area contributed by atoms with E-state index < -0.39 is 24.6 Å². The summed E-state index contributed by atoms with van der Waals surface area (Å²) in [5.74, 6) is -0.888. The van der Waals surface area contributed by atoms with Gasteiger partial charge in [-0.2, -0.15) is 0 Å². The molecule has 0 saturated carbocycles. The summed E-state index contributed by atoms with van der Waals surface area (Å²) < 4.78 is 0. The number of nitrogens with zero attached hydrogens (tertiary/aromatic N) is 1. The number of carbonyl (C=O) groups is 2. The molecule has 0 heterocycles. The summed E-state index contributed by atoms with van der Waals surface area (Å²) in [6.45, 7) is 3.97. The van der Waals surface area contributed by atoms with E-state index >= 15 is 0 Å². The maximum atomic E-state index is 11.5. The summed E-state index contributed by atoms with van der Waals surface area (Å²) in [7, 11) is 1.60. The van der Waals surface area contributed by atoms with Gasteiger partial charge in [0.2, 0.25) is 0 Å². The predicted molar refractivity (Wildman–Crippen MR) is 59.1 cm³/mol. The molecular formula is C10H20N2O4. The maximum absolute atomic E-state index is 11.5. The fraction of sp³-hybridized carbons (Fsp3) is 0.800. The Morgan fingerprint density at radius 3 is 2.38 bits per heavy atom. The second-order valence-electron chi connectivity index (χ2n) is 3.92. The number of carboxylic acids is 1. The van der Waals surface area contributed by atoms with Crippen LogP contribution in [0, 0.1) is 5.92 Å². The third-order valence-electron chi connectivity index (χ3n) is 2.41. The highest BCUT2D eigenvalue weighted by Gasteiger charge is 2.21. The number of hydrogen-bond donors (Lipinski definition) is 3. The van der Waals surface area contributed by atoms with E-state index in [0.717, 1.165) is 6.42 Å². The van der Waals surface area contributed by atoms with Crippen LogP contribution in [-0.2, 0) is 4.79 Å². The number of rotatable bonds is 6. The Morgan fingerprint density at radius 2 is 2.00 bits per heavy atom. The number of aliphatic hydroxyl groups excluding tert-OH is 1. The van der Waals surface area contributed by atoms with Gasteiger partial charge < -0.3 is 20.4 Å². The van der Waals surface area contributed by atoms with Crippen LogP contribution in [0.25, 0.3) is 0 Å². The lowest BCUT2D eigenvalue weighted by atomic mass is 10.1. The lowest BCUT2D eigenvalue weighted by Crippen LogP contribution is -2.49. The Labute approximate surface area is 95.2 Å². The van der Waals surface area contributed by atoms with E-state index in [2.05, 4.69) is 5.32 Å². The van der Waals surface area contributed by atoms with Crippen molar-refractivity contribution >= 4 is 12.0 Å². The van der Waals surface area contributed by atoms with Crippen molar-refractivity contribution in [3.05, 3.63) is 0 Å². The Bertz CT molecular complexity index is 245. The summed E-state index contributed by atoms with van der Waals surface area (Å²) in [5, 5.41) is 19.6. The van der Waals surface area contributed by atoms with Gasteiger partial charge in [-0.25, -0.2) is 9.59 Å². The maximum Gasteiger partial charge on any atom is 0.328 e. The van der Waals surface area contributed by atoms with E-state index in [9.17, 15) is 9.59 Å². The highest BCUT2D eigenvalue weighted by molar-refractivity contribution is 5.82. The zero-order valence-electron chi connectivity index (χ0n) is 9.93. The fourth-order valence-electron chi connectivity index (χ4n) is 1.12. The molecule has 0 fully saturated rings. The molecule has 3 N–H and O–H groups in total. The molecule has 0 aliphatic heterocycles. The van der Waals surface area contributed by atoms with E-state index in [-0.39, 0.29) is 0 Å². The minimum atomic E-state index is -1.24. The van der Waals surface area contributed by atoms with Gasteiger partial charge in [0.05, 0.1) is 6.61 Å². The second kappa shape index (κ2) is 7.05. The smallest absolute Gasteiger partial charge is 0.328 e. The number of carbonyl (C=O) groups excluding carboxylic acids is 1. The highest BCUT2D eigenvalue weighted by atomic mass is 16.4. The minimum Gasteiger partial charge on any atom is -0.480 e. The molecule has 2 amide bonds. The van der Waals surface area contributed by atoms with Crippen LogP contribution in [0.15, 0.2) is 0 Å². The van der Waals surface area contributed by atoms with Crippen molar-refractivity contribution in [2.75, 3.05) is 20.2 Å². The van der Waals surface area contributed by atoms with Gasteiger partial charge in [-0.15, -0.1) is 0 Å². The summed E-state index contributed by atoms with van der Waals surface area (Å²) in [5.41, 5.74) is 0. The summed E-state index contributed by atoms with van der Waals surface area (Å²) in [4.78, 5) is 23.5. The minimum absolute atomic E-state index is 0.355. The van der Waals surface area contributed by atoms with Crippen LogP contribution in [0.5, 0.6) is 0 Å². The highest BCUT2D eigenvalue weighted by Crippen LogP contribution is 2.02. The fourth-order valence-corrected chi connectivity index (χ4v) is 1.12. The standard InChI is InChI=1S/C10H20N2O4/c1-4-7(2)5-12(3)10(16)11-8(6-13)9(14)15/h7-8,13H,4-6H2,1-3H3,(H,11,16)(H,14,15)/t7?,8-/m0/s1. The number of urea groups is 1. The molecule has 0 aromatic carbocycles. The first-order valence-corrected chi connectivity index (χ1v) is 5.27. The summed E-state index contributed by atoms with van der Waals surface area (Å²) in [6.07, 6.45) is 0.944. The van der Waals surface area contributed by atoms with Crippen LogP contribution in [0.3, 0.4) is 0 Å². The molecule has 6 heteroatoms. The monoisotopic (exact) mass is 232 g/mol. The van der Waals surface area contributed by atoms with E-state index in [1.54, 1.807) is 7.05 Å². The molecule has 0 spiro atoms. The van der Waals surface area contributed by atoms with E-state index in [1.165, 1.54) is 4.90 Å². The number of carboxylic acid groups (broad SMARTS) is 1. The van der Waals surface area contributed by atoms with Gasteiger partial charge >= 0.3 is 12.0 Å². The average molecular weight is 232 g/mol. The average Bonchev–Trinajstić information content (AvgIpc) is 2.24. The molecular weight excluding hydrogens is 212 g/mol. The number of amides is 2. The molecule has 0 aromatic rings. The first kappa shape index (κ1) is 14.7. The van der Waals surface area contributed by atoms with Crippen molar-refractivity contribution in [3.63, 3.8) is 0 Å². The van der Waals surface area contributed by atoms with Crippen LogP contribution in [0.2, 0.25) is 0 Å². The molecule has 0 bridgehead atoms. The van der Waals surface area contributed by atoms with Crippen molar-refractivity contribution in [1.82, 2.24) is 10.2 Å². The zero-order valence-corrected chi connectivity index (χ0v) is 9.93. The van der Waals surface area contributed by atoms with Crippen molar-refractivity contribution in [2.24, 2.45) is 5.92 Å². The molecule has 0 aliphatic rings. The van der Waals surface area contributed by atoms with Crippen LogP contribution in [0.4, 0.5) is 4.79 Å². The van der Waals surface area contributed by atoms with Gasteiger partial charge in [0.15, 0.2) is 6.04 Å². The second-order valence-corrected chi connectivity index (χ2v) is 3.92. The van der Waals surface area contributed by atoms with E-state index in [1.807, 2.05) is 13.8 Å². The van der Waals surface area contributed by atoms with Crippen molar-refractivity contribution in [2.45, 2.75) is 26.3 Å². The first-order chi connectivity index (χ1) is 7.42. The van der Waals surface area contributed by atoms with Gasteiger partial charge in [-0.3, -0.25) is 0 Å².